The molecule has 0 radical (unpaired) electrons. The molecule has 14 nitrogen and oxygen atoms in total. The highest BCUT2D eigenvalue weighted by molar-refractivity contribution is 7.89. The van der Waals surface area contributed by atoms with Crippen molar-refractivity contribution in [2.24, 2.45) is 17.8 Å². The van der Waals surface area contributed by atoms with Gasteiger partial charge in [0.15, 0.2) is 23.9 Å². The number of esters is 3. The van der Waals surface area contributed by atoms with E-state index in [1.54, 1.807) is 18.2 Å². The van der Waals surface area contributed by atoms with Crippen LogP contribution in [-0.4, -0.2) is 93.1 Å². The van der Waals surface area contributed by atoms with Gasteiger partial charge in [0.1, 0.15) is 28.0 Å². The molecule has 19 heteroatoms. The molecule has 0 amide bonds. The van der Waals surface area contributed by atoms with Gasteiger partial charge >= 0.3 is 24.5 Å². The van der Waals surface area contributed by atoms with Crippen LogP contribution in [0.5, 0.6) is 17.2 Å². The summed E-state index contributed by atoms with van der Waals surface area (Å²) in [5.41, 5.74) is 2.43. The molecule has 1 saturated carbocycles. The minimum atomic E-state index is -4.20. The van der Waals surface area contributed by atoms with Gasteiger partial charge in [-0.1, -0.05) is 77.8 Å². The molecule has 5 heterocycles. The molecule has 3 atom stereocenters. The first-order chi connectivity index (χ1) is 33.3. The van der Waals surface area contributed by atoms with Gasteiger partial charge in [-0.25, -0.2) is 18.2 Å². The van der Waals surface area contributed by atoms with Crippen molar-refractivity contribution in [1.82, 2.24) is 9.21 Å². The van der Waals surface area contributed by atoms with Crippen molar-refractivity contribution in [1.29, 1.82) is 0 Å². The second kappa shape index (κ2) is 22.2. The summed E-state index contributed by atoms with van der Waals surface area (Å²) in [5.74, 6) is -2.34. The van der Waals surface area contributed by atoms with Crippen molar-refractivity contribution >= 4 is 51.1 Å². The SMILES string of the molecule is O=C(C[C@@H](c1ccccc1)c1cccc(OC(=O)c2cccc(S(=O)(=O)N3CC(C(=O)O[C@@H](Cc4c(Cl)c[nH+]cc4Cl)c4ccc(OC(F)F)c(OCC5CC5)c4)C3)c2)c1)O[C@H]1CN2CCC1CC2.[OH-]. The lowest BCUT2D eigenvalue weighted by Gasteiger charge is -2.44. The molecule has 4 aromatic carbocycles. The normalized spacial score (nSPS) is 19.8. The standard InChI is InChI=1S/C51H49Cl2F2N3O10S.H2O/c52-42-25-56-26-43(53)41(42)23-45(35-14-15-44(68-51(54)55)46(22-35)64-30-31-12-13-31)67-50(61)37-27-58(28-37)69(62,63)39-11-5-9-36(21-39)49(60)65-38-10-4-8-34(20-38)40(32-6-2-1-3-7-32)24-48(59)66-47-29-57-18-16-33(47)17-19-57;/h1-11,14-15,20-22,25-26,31,33,37,40,45,47,51H,12-13,16-19,23-24,27-30H2;1H2/t40-,45-,47-;/m0./s1. The molecule has 4 saturated heterocycles. The summed E-state index contributed by atoms with van der Waals surface area (Å²) in [6, 6.07) is 26.2. The van der Waals surface area contributed by atoms with Gasteiger partial charge in [-0.2, -0.15) is 13.1 Å². The molecule has 4 aliphatic heterocycles. The van der Waals surface area contributed by atoms with Gasteiger partial charge < -0.3 is 29.2 Å². The number of H-pyrrole nitrogens is 1. The van der Waals surface area contributed by atoms with Gasteiger partial charge in [0.25, 0.3) is 0 Å². The van der Waals surface area contributed by atoms with Crippen molar-refractivity contribution in [2.45, 2.75) is 68.2 Å². The monoisotopic (exact) mass is 1020 g/mol. The molecule has 5 fully saturated rings. The lowest BCUT2D eigenvalue weighted by atomic mass is 9.85. The highest BCUT2D eigenvalue weighted by Gasteiger charge is 2.43. The number of rotatable bonds is 19. The van der Waals surface area contributed by atoms with Gasteiger partial charge in [0, 0.05) is 37.5 Å². The van der Waals surface area contributed by atoms with Crippen LogP contribution in [0.3, 0.4) is 0 Å². The van der Waals surface area contributed by atoms with E-state index in [-0.39, 0.29) is 87.2 Å². The third-order valence-electron chi connectivity index (χ3n) is 13.2. The van der Waals surface area contributed by atoms with Gasteiger partial charge in [-0.15, -0.1) is 0 Å². The molecule has 1 aromatic heterocycles. The maximum atomic E-state index is 13.9. The Labute approximate surface area is 414 Å². The number of hydrogen-bond donors (Lipinski definition) is 0. The van der Waals surface area contributed by atoms with E-state index < -0.39 is 40.6 Å². The van der Waals surface area contributed by atoms with Gasteiger partial charge in [-0.3, -0.25) is 14.5 Å². The Hall–Kier alpha value is -5.69. The first kappa shape index (κ1) is 50.7. The zero-order chi connectivity index (χ0) is 48.2. The maximum Gasteiger partial charge on any atom is 0.387 e. The van der Waals surface area contributed by atoms with E-state index in [1.807, 2.05) is 36.4 Å². The Morgan fingerprint density at radius 3 is 2.19 bits per heavy atom. The summed E-state index contributed by atoms with van der Waals surface area (Å²) in [4.78, 5) is 45.8. The number of carbonyl (C=O) groups is 3. The van der Waals surface area contributed by atoms with E-state index >= 15 is 0 Å². The summed E-state index contributed by atoms with van der Waals surface area (Å²) in [6.07, 6.45) is 5.85. The molecule has 70 heavy (non-hydrogen) atoms. The number of piperidine rings is 3. The third kappa shape index (κ3) is 12.1. The second-order valence-corrected chi connectivity index (χ2v) is 20.7. The number of pyridine rings is 1. The topological polar surface area (TPSA) is 182 Å². The first-order valence-corrected chi connectivity index (χ1v) is 25.1. The lowest BCUT2D eigenvalue weighted by molar-refractivity contribution is -0.377. The number of benzene rings is 4. The average molecular weight is 1020 g/mol. The third-order valence-corrected chi connectivity index (χ3v) is 15.7. The van der Waals surface area contributed by atoms with Crippen LogP contribution >= 0.6 is 23.2 Å². The summed E-state index contributed by atoms with van der Waals surface area (Å²) < 4.78 is 84.0. The molecule has 1 aliphatic carbocycles. The Balaban J connectivity index is 0.00000659. The fraction of sp³-hybridized carbons (Fsp3) is 0.373. The Morgan fingerprint density at radius 2 is 1.50 bits per heavy atom. The molecule has 5 aromatic rings. The number of nitrogens with one attached hydrogen (secondary N) is 1. The van der Waals surface area contributed by atoms with Gasteiger partial charge in [0.2, 0.25) is 10.0 Å². The predicted octanol–water partition coefficient (Wildman–Crippen LogP) is 8.55. The minimum absolute atomic E-state index is 0. The van der Waals surface area contributed by atoms with Crippen LogP contribution in [0.4, 0.5) is 8.78 Å². The van der Waals surface area contributed by atoms with E-state index in [0.717, 1.165) is 60.7 Å². The molecule has 370 valence electrons. The van der Waals surface area contributed by atoms with Crippen LogP contribution in [0.2, 0.25) is 10.0 Å². The van der Waals surface area contributed by atoms with Crippen LogP contribution in [0.15, 0.2) is 114 Å². The number of aromatic amines is 1. The van der Waals surface area contributed by atoms with E-state index in [0.29, 0.717) is 29.6 Å². The lowest BCUT2D eigenvalue weighted by Crippen LogP contribution is -2.53. The van der Waals surface area contributed by atoms with Gasteiger partial charge in [-0.05, 0) is 110 Å². The Kier molecular flexibility index (Phi) is 16.0. The number of nitrogens with zero attached hydrogens (tertiary/aromatic N) is 2. The number of sulfonamides is 1. The minimum Gasteiger partial charge on any atom is -0.870 e. The van der Waals surface area contributed by atoms with Crippen molar-refractivity contribution < 1.29 is 65.7 Å². The fourth-order valence-electron chi connectivity index (χ4n) is 9.06. The molecule has 10 rings (SSSR count). The van der Waals surface area contributed by atoms with Crippen LogP contribution < -0.4 is 19.2 Å². The average Bonchev–Trinajstić information content (AvgIpc) is 4.16. The zero-order valence-corrected chi connectivity index (χ0v) is 40.1. The highest BCUT2D eigenvalue weighted by Crippen LogP contribution is 2.39. The number of aromatic nitrogens is 1. The van der Waals surface area contributed by atoms with Crippen LogP contribution in [0.1, 0.15) is 76.7 Å². The fourth-order valence-corrected chi connectivity index (χ4v) is 11.2. The Morgan fingerprint density at radius 1 is 0.786 bits per heavy atom. The van der Waals surface area contributed by atoms with Crippen molar-refractivity contribution in [3.05, 3.63) is 147 Å². The molecular weight excluding hydrogens is 972 g/mol. The summed E-state index contributed by atoms with van der Waals surface area (Å²) >= 11 is 13.0. The number of hydrogen-bond acceptors (Lipinski definition) is 12. The smallest absolute Gasteiger partial charge is 0.387 e. The van der Waals surface area contributed by atoms with Crippen molar-refractivity contribution in [3.8, 4) is 17.2 Å². The summed E-state index contributed by atoms with van der Waals surface area (Å²) in [7, 11) is -4.20. The van der Waals surface area contributed by atoms with Crippen LogP contribution in [-0.2, 0) is 35.5 Å². The number of ether oxygens (including phenoxy) is 5. The Bertz CT molecular complexity index is 2770. The van der Waals surface area contributed by atoms with E-state index in [4.69, 9.17) is 46.9 Å². The predicted molar refractivity (Wildman–Crippen MR) is 251 cm³/mol. The van der Waals surface area contributed by atoms with Crippen LogP contribution in [0, 0.1) is 17.8 Å². The number of carbonyl (C=O) groups excluding carboxylic acids is 3. The van der Waals surface area contributed by atoms with Crippen molar-refractivity contribution in [2.75, 3.05) is 39.3 Å². The summed E-state index contributed by atoms with van der Waals surface area (Å²) in [5, 5.41) is 0.522. The number of halogens is 4. The molecule has 2 bridgehead atoms. The zero-order valence-electron chi connectivity index (χ0n) is 37.8. The van der Waals surface area contributed by atoms with E-state index in [9.17, 15) is 31.6 Å². The van der Waals surface area contributed by atoms with E-state index in [2.05, 4.69) is 9.88 Å². The number of fused-ring (bicyclic) bond motifs is 3. The highest BCUT2D eigenvalue weighted by atomic mass is 35.5. The quantitative estimate of drug-likeness (QED) is 0.0569. The van der Waals surface area contributed by atoms with Crippen LogP contribution in [0.25, 0.3) is 0 Å². The van der Waals surface area contributed by atoms with Crippen molar-refractivity contribution in [3.63, 3.8) is 0 Å². The molecule has 2 N–H and O–H groups in total. The molecule has 0 spiro atoms. The summed E-state index contributed by atoms with van der Waals surface area (Å²) in [6.45, 7) is -0.441. The van der Waals surface area contributed by atoms with E-state index in [1.165, 1.54) is 54.9 Å². The molecule has 5 aliphatic rings. The number of alkyl halides is 2. The first-order valence-electron chi connectivity index (χ1n) is 22.9. The molecule has 0 unspecified atom stereocenters. The molecular formula is C51H51Cl2F2N3O11S. The largest absolute Gasteiger partial charge is 0.870 e. The maximum absolute atomic E-state index is 13.9. The van der Waals surface area contributed by atoms with Gasteiger partial charge in [0.05, 0.1) is 29.4 Å². The second-order valence-electron chi connectivity index (χ2n) is 17.9.